The number of nitriles is 1. The first-order valence-electron chi connectivity index (χ1n) is 13.1. The van der Waals surface area contributed by atoms with Gasteiger partial charge in [-0.3, -0.25) is 0 Å². The highest BCUT2D eigenvalue weighted by Crippen LogP contribution is 2.38. The Morgan fingerprint density at radius 1 is 0.871 bits per heavy atom. The van der Waals surface area contributed by atoms with E-state index in [4.69, 9.17) is 5.26 Å². The van der Waals surface area contributed by atoms with Crippen LogP contribution in [-0.2, 0) is 6.42 Å². The van der Waals surface area contributed by atoms with Gasteiger partial charge in [0, 0.05) is 6.08 Å². The zero-order valence-electron chi connectivity index (χ0n) is 19.8. The summed E-state index contributed by atoms with van der Waals surface area (Å²) in [6.45, 7) is 2.28. The van der Waals surface area contributed by atoms with Crippen LogP contribution in [0.25, 0.3) is 0 Å². The molecule has 0 radical (unpaired) electrons. The van der Waals surface area contributed by atoms with Crippen molar-refractivity contribution in [2.75, 3.05) is 0 Å². The van der Waals surface area contributed by atoms with Crippen LogP contribution in [0.2, 0.25) is 0 Å². The van der Waals surface area contributed by atoms with E-state index in [2.05, 4.69) is 49.4 Å². The summed E-state index contributed by atoms with van der Waals surface area (Å²) in [7, 11) is 0. The van der Waals surface area contributed by atoms with Gasteiger partial charge in [0.05, 0.1) is 6.07 Å². The predicted molar refractivity (Wildman–Crippen MR) is 133 cm³/mol. The first-order chi connectivity index (χ1) is 15.3. The normalized spacial score (nSPS) is 27.0. The highest BCUT2D eigenvalue weighted by Gasteiger charge is 2.22. The molecule has 0 atom stereocenters. The molecular weight excluding hydrogens is 374 g/mol. The molecule has 0 aromatic heterocycles. The van der Waals surface area contributed by atoms with Gasteiger partial charge in [0.1, 0.15) is 0 Å². The van der Waals surface area contributed by atoms with Crippen LogP contribution in [0.5, 0.6) is 0 Å². The molecule has 2 aliphatic carbocycles. The maximum absolute atomic E-state index is 8.58. The third-order valence-electron chi connectivity index (χ3n) is 7.77. The lowest BCUT2D eigenvalue weighted by Gasteiger charge is -2.29. The molecule has 0 amide bonds. The largest absolute Gasteiger partial charge is 0.193 e. The van der Waals surface area contributed by atoms with E-state index in [0.29, 0.717) is 0 Å². The highest BCUT2D eigenvalue weighted by molar-refractivity contribution is 5.26. The van der Waals surface area contributed by atoms with Crippen molar-refractivity contribution in [1.82, 2.24) is 0 Å². The quantitative estimate of drug-likeness (QED) is 0.212. The molecule has 0 spiro atoms. The van der Waals surface area contributed by atoms with Crippen molar-refractivity contribution in [2.24, 2.45) is 17.8 Å². The van der Waals surface area contributed by atoms with E-state index in [9.17, 15) is 0 Å². The Bertz CT molecular complexity index is 704. The lowest BCUT2D eigenvalue weighted by molar-refractivity contribution is 0.295. The second-order valence-corrected chi connectivity index (χ2v) is 10.1. The van der Waals surface area contributed by atoms with Crippen molar-refractivity contribution >= 4 is 0 Å². The van der Waals surface area contributed by atoms with E-state index in [1.807, 2.05) is 6.08 Å². The first kappa shape index (κ1) is 23.8. The van der Waals surface area contributed by atoms with Gasteiger partial charge in [-0.2, -0.15) is 5.26 Å². The van der Waals surface area contributed by atoms with E-state index in [-0.39, 0.29) is 0 Å². The Balaban J connectivity index is 1.34. The van der Waals surface area contributed by atoms with Gasteiger partial charge in [0.15, 0.2) is 0 Å². The molecule has 0 unspecified atom stereocenters. The topological polar surface area (TPSA) is 23.8 Å². The average Bonchev–Trinajstić information content (AvgIpc) is 2.82. The molecule has 0 aliphatic heterocycles. The Hall–Kier alpha value is -1.81. The summed E-state index contributed by atoms with van der Waals surface area (Å²) < 4.78 is 0. The molecule has 1 aromatic carbocycles. The Kier molecular flexibility index (Phi) is 10.4. The molecule has 1 heteroatoms. The number of nitrogens with zero attached hydrogens (tertiary/aromatic N) is 1. The molecule has 0 saturated heterocycles. The van der Waals surface area contributed by atoms with E-state index in [0.717, 1.165) is 30.1 Å². The molecule has 2 aliphatic rings. The fraction of sp³-hybridized carbons (Fsp3) is 0.633. The van der Waals surface area contributed by atoms with Crippen LogP contribution >= 0.6 is 0 Å². The van der Waals surface area contributed by atoms with Crippen LogP contribution in [0.15, 0.2) is 48.6 Å². The summed E-state index contributed by atoms with van der Waals surface area (Å²) in [4.78, 5) is 0. The molecular formula is C30H43N. The molecule has 3 rings (SSSR count). The lowest BCUT2D eigenvalue weighted by atomic mass is 9.76. The van der Waals surface area contributed by atoms with Crippen LogP contribution in [0.3, 0.4) is 0 Å². The number of unbranched alkanes of at least 4 members (excludes halogenated alkanes) is 2. The maximum Gasteiger partial charge on any atom is 0.0908 e. The van der Waals surface area contributed by atoms with Crippen molar-refractivity contribution in [3.8, 4) is 6.07 Å². The fourth-order valence-electron chi connectivity index (χ4n) is 5.63. The van der Waals surface area contributed by atoms with Gasteiger partial charge in [-0.1, -0.05) is 62.3 Å². The Morgan fingerprint density at radius 2 is 1.52 bits per heavy atom. The van der Waals surface area contributed by atoms with Crippen LogP contribution in [0.4, 0.5) is 0 Å². The summed E-state index contributed by atoms with van der Waals surface area (Å²) in [5.41, 5.74) is 3.09. The minimum absolute atomic E-state index is 0.778. The van der Waals surface area contributed by atoms with E-state index < -0.39 is 0 Å². The van der Waals surface area contributed by atoms with Crippen molar-refractivity contribution in [2.45, 2.75) is 103 Å². The summed E-state index contributed by atoms with van der Waals surface area (Å²) in [6.07, 6.45) is 27.3. The molecule has 1 nitrogen and oxygen atoms in total. The zero-order valence-corrected chi connectivity index (χ0v) is 19.8. The Labute approximate surface area is 191 Å². The SMILES string of the molecule is CCCCCc1ccc([C@H]2CC[C@H](/C=C/[C@H]3CC[C@H](CCC=CC#N)CC3)CC2)cc1. The fourth-order valence-corrected chi connectivity index (χ4v) is 5.63. The number of rotatable bonds is 10. The van der Waals surface area contributed by atoms with E-state index in [1.54, 1.807) is 11.6 Å². The van der Waals surface area contributed by atoms with Gasteiger partial charge in [-0.05, 0) is 112 Å². The third kappa shape index (κ3) is 8.33. The maximum atomic E-state index is 8.58. The molecule has 2 saturated carbocycles. The molecule has 2 fully saturated rings. The standard InChI is InChI=1S/C30H43N/c1-2-3-5-8-26-16-20-29(21-17-26)30-22-18-28(19-23-30)15-14-27-12-10-25(11-13-27)9-6-4-7-24-31/h4,7,14-17,20-21,25,27-28,30H,2-3,5-6,8-13,18-19,22-23H2,1H3/b7-4?,15-14+/t25-,27-,28-,30-. The molecule has 1 aromatic rings. The molecule has 31 heavy (non-hydrogen) atoms. The van der Waals surface area contributed by atoms with Crippen molar-refractivity contribution in [3.05, 3.63) is 59.7 Å². The van der Waals surface area contributed by atoms with Gasteiger partial charge in [0.25, 0.3) is 0 Å². The van der Waals surface area contributed by atoms with Gasteiger partial charge >= 0.3 is 0 Å². The minimum atomic E-state index is 0.778. The van der Waals surface area contributed by atoms with Crippen LogP contribution in [0, 0.1) is 29.1 Å². The second-order valence-electron chi connectivity index (χ2n) is 10.1. The number of hydrogen-bond acceptors (Lipinski definition) is 1. The van der Waals surface area contributed by atoms with E-state index >= 15 is 0 Å². The Morgan fingerprint density at radius 3 is 2.13 bits per heavy atom. The average molecular weight is 418 g/mol. The number of hydrogen-bond donors (Lipinski definition) is 0. The molecule has 0 heterocycles. The van der Waals surface area contributed by atoms with Gasteiger partial charge in [0.2, 0.25) is 0 Å². The van der Waals surface area contributed by atoms with Gasteiger partial charge in [-0.15, -0.1) is 0 Å². The third-order valence-corrected chi connectivity index (χ3v) is 7.77. The smallest absolute Gasteiger partial charge is 0.0908 e. The summed E-state index contributed by atoms with van der Waals surface area (Å²) in [5, 5.41) is 8.58. The first-order valence-corrected chi connectivity index (χ1v) is 13.1. The molecule has 168 valence electrons. The van der Waals surface area contributed by atoms with Gasteiger partial charge < -0.3 is 0 Å². The van der Waals surface area contributed by atoms with Gasteiger partial charge in [-0.25, -0.2) is 0 Å². The summed E-state index contributed by atoms with van der Waals surface area (Å²) in [5.74, 6) is 3.27. The van der Waals surface area contributed by atoms with Crippen LogP contribution in [-0.4, -0.2) is 0 Å². The summed E-state index contributed by atoms with van der Waals surface area (Å²) in [6, 6.07) is 11.7. The van der Waals surface area contributed by atoms with Crippen molar-refractivity contribution in [3.63, 3.8) is 0 Å². The monoisotopic (exact) mass is 417 g/mol. The minimum Gasteiger partial charge on any atom is -0.193 e. The second kappa shape index (κ2) is 13.6. The van der Waals surface area contributed by atoms with E-state index in [1.165, 1.54) is 89.0 Å². The van der Waals surface area contributed by atoms with Crippen LogP contribution in [0.1, 0.15) is 107 Å². The number of allylic oxidation sites excluding steroid dienone is 4. The number of aryl methyl sites for hydroxylation is 1. The highest BCUT2D eigenvalue weighted by atomic mass is 14.3. The zero-order chi connectivity index (χ0) is 21.7. The molecule has 0 N–H and O–H groups in total. The van der Waals surface area contributed by atoms with Crippen LogP contribution < -0.4 is 0 Å². The molecule has 0 bridgehead atoms. The summed E-state index contributed by atoms with van der Waals surface area (Å²) >= 11 is 0. The lowest BCUT2D eigenvalue weighted by Crippen LogP contribution is -2.14. The van der Waals surface area contributed by atoms with Crippen molar-refractivity contribution in [1.29, 1.82) is 5.26 Å². The van der Waals surface area contributed by atoms with Crippen molar-refractivity contribution < 1.29 is 0 Å². The number of benzene rings is 1. The predicted octanol–water partition coefficient (Wildman–Crippen LogP) is 8.92.